The molecule has 9 heteroatoms. The molecule has 0 aromatic carbocycles. The van der Waals surface area contributed by atoms with Crippen LogP contribution in [0.25, 0.3) is 0 Å². The van der Waals surface area contributed by atoms with Crippen LogP contribution in [0.4, 0.5) is 5.82 Å². The number of halogens is 1. The maximum absolute atomic E-state index is 12.9. The van der Waals surface area contributed by atoms with Gasteiger partial charge in [0.1, 0.15) is 17.5 Å². The normalized spacial score (nSPS) is 17.1. The second-order valence-corrected chi connectivity index (χ2v) is 7.49. The average molecular weight is 390 g/mol. The van der Waals surface area contributed by atoms with E-state index in [1.807, 2.05) is 20.9 Å². The van der Waals surface area contributed by atoms with Gasteiger partial charge in [-0.25, -0.2) is 19.9 Å². The van der Waals surface area contributed by atoms with E-state index >= 15 is 0 Å². The van der Waals surface area contributed by atoms with Gasteiger partial charge in [-0.1, -0.05) is 25.4 Å². The van der Waals surface area contributed by atoms with Crippen LogP contribution in [0.3, 0.4) is 0 Å². The summed E-state index contributed by atoms with van der Waals surface area (Å²) in [6.45, 7) is 5.80. The lowest BCUT2D eigenvalue weighted by Crippen LogP contribution is -2.37. The van der Waals surface area contributed by atoms with Crippen LogP contribution in [-0.2, 0) is 6.54 Å². The van der Waals surface area contributed by atoms with Gasteiger partial charge in [0, 0.05) is 31.2 Å². The first-order valence-electron chi connectivity index (χ1n) is 8.94. The molecular formula is C18H24ClN7O. The zero-order chi connectivity index (χ0) is 19.6. The predicted octanol–water partition coefficient (Wildman–Crippen LogP) is 1.97. The van der Waals surface area contributed by atoms with Crippen LogP contribution < -0.4 is 5.73 Å². The third-order valence-corrected chi connectivity index (χ3v) is 4.95. The van der Waals surface area contributed by atoms with E-state index in [-0.39, 0.29) is 28.6 Å². The predicted molar refractivity (Wildman–Crippen MR) is 103 cm³/mol. The van der Waals surface area contributed by atoms with E-state index in [0.717, 1.165) is 6.42 Å². The molecule has 144 valence electrons. The molecule has 0 unspecified atom stereocenters. The summed E-state index contributed by atoms with van der Waals surface area (Å²) in [4.78, 5) is 33.9. The maximum Gasteiger partial charge on any atom is 0.274 e. The lowest BCUT2D eigenvalue weighted by molar-refractivity contribution is 0.0773. The summed E-state index contributed by atoms with van der Waals surface area (Å²) in [5.74, 6) is 1.72. The fraction of sp³-hybridized carbons (Fsp3) is 0.500. The molecule has 0 radical (unpaired) electrons. The third kappa shape index (κ3) is 4.51. The molecule has 0 aliphatic carbocycles. The standard InChI is InChI=1S/C18H24ClN7O/c1-11(2)17-22-8-13(19)16(24-17)18(27)26-7-5-12(9-26)25(3)10-15-21-6-4-14(20)23-15/h4,6,8,11-12H,5,7,9-10H2,1-3H3,(H2,20,21,23)/t12-/m1/s1. The summed E-state index contributed by atoms with van der Waals surface area (Å²) < 4.78 is 0. The van der Waals surface area contributed by atoms with E-state index in [1.165, 1.54) is 6.20 Å². The van der Waals surface area contributed by atoms with Crippen molar-refractivity contribution in [1.29, 1.82) is 0 Å². The molecule has 1 saturated heterocycles. The number of carbonyl (C=O) groups is 1. The number of likely N-dealkylation sites (N-methyl/N-ethyl adjacent to an activating group) is 1. The molecule has 27 heavy (non-hydrogen) atoms. The van der Waals surface area contributed by atoms with Gasteiger partial charge in [-0.15, -0.1) is 0 Å². The molecule has 2 aromatic heterocycles. The van der Waals surface area contributed by atoms with Gasteiger partial charge in [0.25, 0.3) is 5.91 Å². The van der Waals surface area contributed by atoms with Gasteiger partial charge in [-0.3, -0.25) is 9.69 Å². The van der Waals surface area contributed by atoms with Crippen molar-refractivity contribution in [2.45, 2.75) is 38.8 Å². The number of aromatic nitrogens is 4. The van der Waals surface area contributed by atoms with Crippen LogP contribution in [0.5, 0.6) is 0 Å². The van der Waals surface area contributed by atoms with Crippen molar-refractivity contribution in [1.82, 2.24) is 29.7 Å². The van der Waals surface area contributed by atoms with E-state index < -0.39 is 0 Å². The van der Waals surface area contributed by atoms with Crippen LogP contribution in [0.1, 0.15) is 48.3 Å². The van der Waals surface area contributed by atoms with E-state index in [1.54, 1.807) is 17.2 Å². The first-order chi connectivity index (χ1) is 12.8. The number of hydrogen-bond donors (Lipinski definition) is 1. The average Bonchev–Trinajstić information content (AvgIpc) is 3.11. The Labute approximate surface area is 163 Å². The van der Waals surface area contributed by atoms with E-state index in [4.69, 9.17) is 17.3 Å². The van der Waals surface area contributed by atoms with Crippen LogP contribution >= 0.6 is 11.6 Å². The first-order valence-corrected chi connectivity index (χ1v) is 9.32. The smallest absolute Gasteiger partial charge is 0.274 e. The van der Waals surface area contributed by atoms with Gasteiger partial charge < -0.3 is 10.6 Å². The molecule has 3 rings (SSSR count). The van der Waals surface area contributed by atoms with E-state index in [2.05, 4.69) is 24.8 Å². The van der Waals surface area contributed by atoms with E-state index in [0.29, 0.717) is 37.1 Å². The molecule has 3 heterocycles. The van der Waals surface area contributed by atoms with Crippen molar-refractivity contribution in [3.63, 3.8) is 0 Å². The summed E-state index contributed by atoms with van der Waals surface area (Å²) in [5.41, 5.74) is 5.99. The van der Waals surface area contributed by atoms with Gasteiger partial charge >= 0.3 is 0 Å². The lowest BCUT2D eigenvalue weighted by Gasteiger charge is -2.24. The Balaban J connectivity index is 1.67. The van der Waals surface area contributed by atoms with Crippen molar-refractivity contribution >= 4 is 23.3 Å². The zero-order valence-electron chi connectivity index (χ0n) is 15.8. The van der Waals surface area contributed by atoms with Crippen LogP contribution in [0, 0.1) is 0 Å². The maximum atomic E-state index is 12.9. The van der Waals surface area contributed by atoms with Gasteiger partial charge in [0.2, 0.25) is 0 Å². The van der Waals surface area contributed by atoms with Crippen molar-refractivity contribution < 1.29 is 4.79 Å². The quantitative estimate of drug-likeness (QED) is 0.834. The molecule has 2 aromatic rings. The second kappa shape index (κ2) is 8.14. The summed E-state index contributed by atoms with van der Waals surface area (Å²) in [6, 6.07) is 1.88. The largest absolute Gasteiger partial charge is 0.384 e. The van der Waals surface area contributed by atoms with Crippen molar-refractivity contribution in [2.24, 2.45) is 0 Å². The number of carbonyl (C=O) groups excluding carboxylic acids is 1. The van der Waals surface area contributed by atoms with Crippen molar-refractivity contribution in [2.75, 3.05) is 25.9 Å². The Kier molecular flexibility index (Phi) is 5.86. The first kappa shape index (κ1) is 19.4. The van der Waals surface area contributed by atoms with Gasteiger partial charge in [-0.2, -0.15) is 0 Å². The molecule has 0 spiro atoms. The van der Waals surface area contributed by atoms with Gasteiger partial charge in [0.15, 0.2) is 5.69 Å². The number of nitrogens with two attached hydrogens (primary N) is 1. The molecular weight excluding hydrogens is 366 g/mol. The number of rotatable bonds is 5. The van der Waals surface area contributed by atoms with Crippen molar-refractivity contribution in [3.8, 4) is 0 Å². The molecule has 1 aliphatic heterocycles. The number of nitrogens with zero attached hydrogens (tertiary/aromatic N) is 6. The third-order valence-electron chi connectivity index (χ3n) is 4.67. The highest BCUT2D eigenvalue weighted by atomic mass is 35.5. The molecule has 1 aliphatic rings. The van der Waals surface area contributed by atoms with Gasteiger partial charge in [-0.05, 0) is 19.5 Å². The minimum atomic E-state index is -0.152. The Morgan fingerprint density at radius 1 is 1.41 bits per heavy atom. The lowest BCUT2D eigenvalue weighted by atomic mass is 10.2. The fourth-order valence-electron chi connectivity index (χ4n) is 3.09. The number of hydrogen-bond acceptors (Lipinski definition) is 7. The molecule has 2 N–H and O–H groups in total. The highest BCUT2D eigenvalue weighted by Gasteiger charge is 2.31. The Hall–Kier alpha value is -2.32. The fourth-order valence-corrected chi connectivity index (χ4v) is 3.26. The highest BCUT2D eigenvalue weighted by Crippen LogP contribution is 2.22. The zero-order valence-corrected chi connectivity index (χ0v) is 16.5. The highest BCUT2D eigenvalue weighted by molar-refractivity contribution is 6.33. The Morgan fingerprint density at radius 3 is 2.89 bits per heavy atom. The Bertz CT molecular complexity index is 829. The second-order valence-electron chi connectivity index (χ2n) is 7.09. The number of nitrogen functional groups attached to an aromatic ring is 1. The number of amides is 1. The Morgan fingerprint density at radius 2 is 2.19 bits per heavy atom. The minimum absolute atomic E-state index is 0.129. The van der Waals surface area contributed by atoms with E-state index in [9.17, 15) is 4.79 Å². The summed E-state index contributed by atoms with van der Waals surface area (Å²) in [7, 11) is 2.00. The molecule has 0 bridgehead atoms. The number of anilines is 1. The SMILES string of the molecule is CC(C)c1ncc(Cl)c(C(=O)N2CC[C@@H](N(C)Cc3nccc(N)n3)C2)n1. The number of likely N-dealkylation sites (tertiary alicyclic amines) is 1. The monoisotopic (exact) mass is 389 g/mol. The molecule has 1 fully saturated rings. The van der Waals surface area contributed by atoms with Crippen LogP contribution in [-0.4, -0.2) is 61.8 Å². The van der Waals surface area contributed by atoms with Crippen molar-refractivity contribution in [3.05, 3.63) is 40.8 Å². The van der Waals surface area contributed by atoms with Crippen LogP contribution in [0.2, 0.25) is 5.02 Å². The minimum Gasteiger partial charge on any atom is -0.384 e. The summed E-state index contributed by atoms with van der Waals surface area (Å²) in [6.07, 6.45) is 4.03. The van der Waals surface area contributed by atoms with Gasteiger partial charge in [0.05, 0.1) is 17.8 Å². The molecule has 8 nitrogen and oxygen atoms in total. The summed E-state index contributed by atoms with van der Waals surface area (Å²) in [5, 5.41) is 0.286. The summed E-state index contributed by atoms with van der Waals surface area (Å²) >= 11 is 6.18. The molecule has 1 amide bonds. The van der Waals surface area contributed by atoms with Crippen LogP contribution in [0.15, 0.2) is 18.5 Å². The topological polar surface area (TPSA) is 101 Å². The molecule has 0 saturated carbocycles. The molecule has 1 atom stereocenters.